The number of allylic oxidation sites excluding steroid dienone is 1. The highest BCUT2D eigenvalue weighted by molar-refractivity contribution is 7.91. The van der Waals surface area contributed by atoms with Gasteiger partial charge in [0.2, 0.25) is 27.7 Å². The SMILES string of the molecule is COc1ccc2c(O[C@@H]3C[C@H]4C(=O)N[C@]5(C(=O)NS(=O)(=O)C6CC6)C[C@H]5/C=C\CC[C@@H](C)C[C@@H](C)[C@H](NC(=O)OC(C)(C)C)C(=O)N4C3)nc(-c3ccc(F)cc3)cc2c1. The summed E-state index contributed by atoms with van der Waals surface area (Å²) < 4.78 is 59.8. The number of hydrogen-bond acceptors (Lipinski definition) is 10. The van der Waals surface area contributed by atoms with Crippen molar-refractivity contribution < 1.29 is 46.2 Å². The van der Waals surface area contributed by atoms with Crippen LogP contribution in [0.1, 0.15) is 79.6 Å². The highest BCUT2D eigenvalue weighted by Crippen LogP contribution is 2.46. The first kappa shape index (κ1) is 42.9. The number of halogens is 1. The van der Waals surface area contributed by atoms with Gasteiger partial charge in [-0.2, -0.15) is 0 Å². The van der Waals surface area contributed by atoms with E-state index >= 15 is 0 Å². The first-order valence-corrected chi connectivity index (χ1v) is 22.2. The summed E-state index contributed by atoms with van der Waals surface area (Å²) in [4.78, 5) is 63.0. The molecule has 2 aromatic carbocycles. The number of carbonyl (C=O) groups excluding carboxylic acids is 4. The van der Waals surface area contributed by atoms with Gasteiger partial charge in [0, 0.05) is 23.3 Å². The molecule has 3 aromatic rings. The van der Waals surface area contributed by atoms with Crippen molar-refractivity contribution in [2.45, 2.75) is 114 Å². The second kappa shape index (κ2) is 16.7. The average Bonchev–Trinajstić information content (AvgIpc) is 4.11. The number of nitrogens with zero attached hydrogens (tertiary/aromatic N) is 2. The predicted molar refractivity (Wildman–Crippen MR) is 222 cm³/mol. The Labute approximate surface area is 350 Å². The fraction of sp³-hybridized carbons (Fsp3) is 0.523. The van der Waals surface area contributed by atoms with Crippen LogP contribution in [0.4, 0.5) is 9.18 Å². The maximum atomic E-state index is 14.9. The van der Waals surface area contributed by atoms with Crippen LogP contribution in [-0.4, -0.2) is 90.3 Å². The summed E-state index contributed by atoms with van der Waals surface area (Å²) in [5, 5.41) is 6.38. The third-order valence-corrected chi connectivity index (χ3v) is 13.5. The van der Waals surface area contributed by atoms with Crippen molar-refractivity contribution in [3.63, 3.8) is 0 Å². The van der Waals surface area contributed by atoms with Gasteiger partial charge in [-0.25, -0.2) is 22.6 Å². The second-order valence-corrected chi connectivity index (χ2v) is 19.7. The van der Waals surface area contributed by atoms with Gasteiger partial charge in [0.05, 0.1) is 24.6 Å². The molecule has 2 saturated carbocycles. The number of sulfonamides is 1. The Bertz CT molecular complexity index is 2290. The molecular weight excluding hydrogens is 794 g/mol. The summed E-state index contributed by atoms with van der Waals surface area (Å²) in [5.74, 6) is -2.38. The monoisotopic (exact) mass is 847 g/mol. The molecule has 3 N–H and O–H groups in total. The number of hydrogen-bond donors (Lipinski definition) is 3. The zero-order valence-electron chi connectivity index (χ0n) is 34.8. The Morgan fingerprint density at radius 3 is 2.43 bits per heavy atom. The summed E-state index contributed by atoms with van der Waals surface area (Å²) in [6.07, 6.45) is 5.22. The van der Waals surface area contributed by atoms with E-state index < -0.39 is 80.2 Å². The first-order chi connectivity index (χ1) is 28.4. The Kier molecular flexibility index (Phi) is 11.9. The van der Waals surface area contributed by atoms with Crippen LogP contribution in [0.5, 0.6) is 11.6 Å². The Morgan fingerprint density at radius 1 is 1.02 bits per heavy atom. The number of fused-ring (bicyclic) bond motifs is 3. The van der Waals surface area contributed by atoms with Gasteiger partial charge >= 0.3 is 6.09 Å². The largest absolute Gasteiger partial charge is 0.497 e. The van der Waals surface area contributed by atoms with Gasteiger partial charge in [0.25, 0.3) is 5.91 Å². The summed E-state index contributed by atoms with van der Waals surface area (Å²) in [6, 6.07) is 10.8. The molecule has 60 heavy (non-hydrogen) atoms. The summed E-state index contributed by atoms with van der Waals surface area (Å²) in [6.45, 7) is 9.01. The molecule has 0 spiro atoms. The minimum absolute atomic E-state index is 0.0276. The molecule has 0 unspecified atom stereocenters. The van der Waals surface area contributed by atoms with Gasteiger partial charge in [0.15, 0.2) is 0 Å². The van der Waals surface area contributed by atoms with Crippen LogP contribution in [0, 0.1) is 23.6 Å². The molecule has 0 bridgehead atoms. The fourth-order valence-electron chi connectivity index (χ4n) is 8.28. The van der Waals surface area contributed by atoms with E-state index in [1.807, 2.05) is 31.2 Å². The number of nitrogens with one attached hydrogen (secondary N) is 3. The fourth-order valence-corrected chi connectivity index (χ4v) is 9.64. The number of alkyl carbamates (subject to hydrolysis) is 1. The van der Waals surface area contributed by atoms with E-state index in [4.69, 9.17) is 19.2 Å². The molecular formula is C44H54FN5O9S. The molecule has 2 aliphatic carbocycles. The maximum absolute atomic E-state index is 14.9. The van der Waals surface area contributed by atoms with Crippen LogP contribution in [0.3, 0.4) is 0 Å². The van der Waals surface area contributed by atoms with Gasteiger partial charge in [-0.15, -0.1) is 0 Å². The zero-order chi connectivity index (χ0) is 43.1. The molecule has 1 aromatic heterocycles. The van der Waals surface area contributed by atoms with Gasteiger partial charge in [0.1, 0.15) is 40.9 Å². The quantitative estimate of drug-likeness (QED) is 0.235. The summed E-state index contributed by atoms with van der Waals surface area (Å²) >= 11 is 0. The van der Waals surface area contributed by atoms with Crippen LogP contribution in [0.15, 0.2) is 60.7 Å². The van der Waals surface area contributed by atoms with Crippen LogP contribution < -0.4 is 24.8 Å². The lowest BCUT2D eigenvalue weighted by Crippen LogP contribution is -2.59. The van der Waals surface area contributed by atoms with Gasteiger partial charge < -0.3 is 29.7 Å². The number of amides is 4. The van der Waals surface area contributed by atoms with Crippen molar-refractivity contribution in [1.29, 1.82) is 0 Å². The topological polar surface area (TPSA) is 182 Å². The van der Waals surface area contributed by atoms with Crippen molar-refractivity contribution in [3.8, 4) is 22.9 Å². The van der Waals surface area contributed by atoms with E-state index in [0.717, 1.165) is 6.42 Å². The number of methoxy groups -OCH3 is 1. The third-order valence-electron chi connectivity index (χ3n) is 11.7. The molecule has 7 atom stereocenters. The van der Waals surface area contributed by atoms with E-state index in [0.29, 0.717) is 53.5 Å². The van der Waals surface area contributed by atoms with Crippen molar-refractivity contribution in [2.75, 3.05) is 13.7 Å². The van der Waals surface area contributed by atoms with Gasteiger partial charge in [-0.3, -0.25) is 19.1 Å². The lowest BCUT2D eigenvalue weighted by molar-refractivity contribution is -0.142. The van der Waals surface area contributed by atoms with Crippen LogP contribution in [0.2, 0.25) is 0 Å². The smallest absolute Gasteiger partial charge is 0.408 e. The standard InChI is InChI=1S/C44H54FN5O9S/c1-25-9-7-8-10-29-23-44(29,41(53)49-60(55,56)33-16-17-33)48-38(51)36-22-32(24-50(36)40(52)37(26(2)19-25)47-42(54)59-43(3,4)5)58-39-34-18-15-31(57-6)20-28(34)21-35(46-39)27-11-13-30(45)14-12-27/h8,10-15,18,20-21,25-26,29,32-33,36-37H,7,9,16-17,19,22-24H2,1-6H3,(H,47,54)(H,48,51)(H,49,53)/b10-8-/t25-,26-,29-,32-,36+,37+,44-/m1/s1. The van der Waals surface area contributed by atoms with E-state index in [1.54, 1.807) is 52.1 Å². The van der Waals surface area contributed by atoms with Crippen molar-refractivity contribution >= 4 is 44.6 Å². The molecule has 322 valence electrons. The number of carbonyl (C=O) groups is 4. The minimum Gasteiger partial charge on any atom is -0.497 e. The van der Waals surface area contributed by atoms with Crippen molar-refractivity contribution in [3.05, 3.63) is 66.5 Å². The normalized spacial score (nSPS) is 27.9. The molecule has 14 nitrogen and oxygen atoms in total. The predicted octanol–water partition coefficient (Wildman–Crippen LogP) is 5.79. The Morgan fingerprint density at radius 2 is 1.75 bits per heavy atom. The highest BCUT2D eigenvalue weighted by atomic mass is 32.2. The number of benzene rings is 2. The van der Waals surface area contributed by atoms with E-state index in [2.05, 4.69) is 22.3 Å². The van der Waals surface area contributed by atoms with E-state index in [1.165, 1.54) is 17.0 Å². The molecule has 16 heteroatoms. The minimum atomic E-state index is -3.94. The number of aromatic nitrogens is 1. The van der Waals surface area contributed by atoms with Crippen LogP contribution >= 0.6 is 0 Å². The molecule has 7 rings (SSSR count). The average molecular weight is 848 g/mol. The third kappa shape index (κ3) is 9.53. The molecule has 4 aliphatic rings. The van der Waals surface area contributed by atoms with E-state index in [9.17, 15) is 32.0 Å². The number of pyridine rings is 1. The maximum Gasteiger partial charge on any atom is 0.408 e. The lowest BCUT2D eigenvalue weighted by Gasteiger charge is -2.33. The summed E-state index contributed by atoms with van der Waals surface area (Å²) in [7, 11) is -2.39. The molecule has 4 amide bonds. The van der Waals surface area contributed by atoms with Crippen molar-refractivity contribution in [1.82, 2.24) is 25.2 Å². The number of rotatable bonds is 8. The first-order valence-electron chi connectivity index (χ1n) is 20.6. The van der Waals surface area contributed by atoms with Crippen molar-refractivity contribution in [2.24, 2.45) is 17.8 Å². The Hall–Kier alpha value is -5.25. The van der Waals surface area contributed by atoms with Crippen LogP contribution in [0.25, 0.3) is 22.0 Å². The molecule has 3 heterocycles. The summed E-state index contributed by atoms with van der Waals surface area (Å²) in [5.41, 5.74) is -1.30. The van der Waals surface area contributed by atoms with Gasteiger partial charge in [-0.05, 0) is 125 Å². The highest BCUT2D eigenvalue weighted by Gasteiger charge is 2.62. The van der Waals surface area contributed by atoms with E-state index in [-0.39, 0.29) is 37.1 Å². The lowest BCUT2D eigenvalue weighted by atomic mass is 9.88. The molecule has 2 aliphatic heterocycles. The molecule has 0 radical (unpaired) electrons. The molecule has 1 saturated heterocycles. The van der Waals surface area contributed by atoms with Crippen LogP contribution in [-0.2, 0) is 29.1 Å². The Balaban J connectivity index is 1.26. The molecule has 3 fully saturated rings. The zero-order valence-corrected chi connectivity index (χ0v) is 35.6. The van der Waals surface area contributed by atoms with Gasteiger partial charge in [-0.1, -0.05) is 26.0 Å². The second-order valence-electron chi connectivity index (χ2n) is 17.8. The number of ether oxygens (including phenoxy) is 3.